The largest absolute Gasteiger partial charge is 0.383 e. The van der Waals surface area contributed by atoms with E-state index in [-0.39, 0.29) is 0 Å². The second-order valence-corrected chi connectivity index (χ2v) is 4.88. The minimum Gasteiger partial charge on any atom is -0.383 e. The molecule has 1 unspecified atom stereocenters. The van der Waals surface area contributed by atoms with Crippen molar-refractivity contribution >= 4 is 5.69 Å². The molecule has 1 aromatic carbocycles. The van der Waals surface area contributed by atoms with Gasteiger partial charge in [0, 0.05) is 31.4 Å². The summed E-state index contributed by atoms with van der Waals surface area (Å²) < 4.78 is 0. The van der Waals surface area contributed by atoms with E-state index >= 15 is 0 Å². The molecule has 0 spiro atoms. The van der Waals surface area contributed by atoms with E-state index in [1.54, 1.807) is 0 Å². The van der Waals surface area contributed by atoms with Crippen LogP contribution in [0.15, 0.2) is 30.3 Å². The third kappa shape index (κ3) is 5.71. The molecule has 96 valence electrons. The summed E-state index contributed by atoms with van der Waals surface area (Å²) in [5.74, 6) is 0. The average molecular weight is 235 g/mol. The van der Waals surface area contributed by atoms with Gasteiger partial charge in [-0.3, -0.25) is 0 Å². The van der Waals surface area contributed by atoms with E-state index in [0.29, 0.717) is 6.04 Å². The van der Waals surface area contributed by atoms with Crippen LogP contribution in [0.4, 0.5) is 5.69 Å². The molecule has 17 heavy (non-hydrogen) atoms. The van der Waals surface area contributed by atoms with Gasteiger partial charge in [-0.05, 0) is 40.2 Å². The fourth-order valence-corrected chi connectivity index (χ4v) is 1.56. The van der Waals surface area contributed by atoms with Gasteiger partial charge in [0.15, 0.2) is 0 Å². The van der Waals surface area contributed by atoms with E-state index in [2.05, 4.69) is 67.4 Å². The summed E-state index contributed by atoms with van der Waals surface area (Å²) in [6, 6.07) is 10.9. The highest BCUT2D eigenvalue weighted by atomic mass is 15.2. The lowest BCUT2D eigenvalue weighted by Crippen LogP contribution is -2.38. The van der Waals surface area contributed by atoms with Crippen molar-refractivity contribution in [3.8, 4) is 0 Å². The first-order valence-corrected chi connectivity index (χ1v) is 6.23. The van der Waals surface area contributed by atoms with Gasteiger partial charge >= 0.3 is 0 Å². The molecule has 0 saturated heterocycles. The van der Waals surface area contributed by atoms with Crippen LogP contribution in [0.3, 0.4) is 0 Å². The van der Waals surface area contributed by atoms with Crippen molar-refractivity contribution in [3.05, 3.63) is 30.3 Å². The molecule has 1 aromatic rings. The van der Waals surface area contributed by atoms with E-state index in [1.807, 2.05) is 6.07 Å². The van der Waals surface area contributed by atoms with Gasteiger partial charge < -0.3 is 15.1 Å². The Morgan fingerprint density at radius 2 is 1.71 bits per heavy atom. The van der Waals surface area contributed by atoms with E-state index in [0.717, 1.165) is 19.6 Å². The minimum atomic E-state index is 0.537. The van der Waals surface area contributed by atoms with Gasteiger partial charge in [-0.2, -0.15) is 0 Å². The van der Waals surface area contributed by atoms with Crippen LogP contribution in [0.5, 0.6) is 0 Å². The lowest BCUT2D eigenvalue weighted by molar-refractivity contribution is 0.236. The number of rotatable bonds is 7. The smallest absolute Gasteiger partial charge is 0.0340 e. The molecular formula is C14H25N3. The third-order valence-corrected chi connectivity index (χ3v) is 3.03. The summed E-state index contributed by atoms with van der Waals surface area (Å²) in [6.45, 7) is 5.44. The summed E-state index contributed by atoms with van der Waals surface area (Å²) in [5, 5.41) is 3.46. The molecule has 1 N–H and O–H groups in total. The fourth-order valence-electron chi connectivity index (χ4n) is 1.56. The molecule has 0 amide bonds. The number of nitrogens with one attached hydrogen (secondary N) is 1. The lowest BCUT2D eigenvalue weighted by atomic mass is 10.2. The number of likely N-dealkylation sites (N-methyl/N-ethyl adjacent to an activating group) is 2. The molecule has 0 saturated carbocycles. The summed E-state index contributed by atoms with van der Waals surface area (Å²) in [5.41, 5.74) is 1.19. The van der Waals surface area contributed by atoms with Crippen molar-refractivity contribution in [2.75, 3.05) is 46.1 Å². The predicted octanol–water partition coefficient (Wildman–Crippen LogP) is 1.98. The second kappa shape index (κ2) is 7.30. The molecular weight excluding hydrogens is 210 g/mol. The Labute approximate surface area is 105 Å². The molecule has 0 aromatic heterocycles. The molecule has 1 atom stereocenters. The topological polar surface area (TPSA) is 18.5 Å². The average Bonchev–Trinajstić information content (AvgIpc) is 2.34. The molecule has 0 aliphatic carbocycles. The Morgan fingerprint density at radius 1 is 1.06 bits per heavy atom. The summed E-state index contributed by atoms with van der Waals surface area (Å²) in [7, 11) is 6.41. The van der Waals surface area contributed by atoms with Gasteiger partial charge in [-0.25, -0.2) is 0 Å². The zero-order valence-corrected chi connectivity index (χ0v) is 11.5. The van der Waals surface area contributed by atoms with E-state index in [1.165, 1.54) is 5.69 Å². The molecule has 0 fully saturated rings. The molecule has 0 aliphatic rings. The standard InChI is InChI=1S/C14H25N3/c1-13(17(4)11-10-16(2)3)12-15-14-8-6-5-7-9-14/h5-9,13,15H,10-12H2,1-4H3. The normalized spacial score (nSPS) is 13.1. The quantitative estimate of drug-likeness (QED) is 0.779. The van der Waals surface area contributed by atoms with Crippen molar-refractivity contribution in [1.82, 2.24) is 9.80 Å². The molecule has 1 rings (SSSR count). The molecule has 0 radical (unpaired) electrons. The maximum atomic E-state index is 3.46. The monoisotopic (exact) mass is 235 g/mol. The van der Waals surface area contributed by atoms with Gasteiger partial charge in [0.25, 0.3) is 0 Å². The summed E-state index contributed by atoms with van der Waals surface area (Å²) in [4.78, 5) is 4.60. The van der Waals surface area contributed by atoms with Gasteiger partial charge in [0.05, 0.1) is 0 Å². The number of benzene rings is 1. The Morgan fingerprint density at radius 3 is 2.29 bits per heavy atom. The summed E-state index contributed by atoms with van der Waals surface area (Å²) in [6.07, 6.45) is 0. The Balaban J connectivity index is 2.26. The molecule has 0 heterocycles. The highest BCUT2D eigenvalue weighted by Crippen LogP contribution is 2.06. The number of anilines is 1. The van der Waals surface area contributed by atoms with Crippen LogP contribution in [0.2, 0.25) is 0 Å². The SMILES string of the molecule is CC(CNc1ccccc1)N(C)CCN(C)C. The van der Waals surface area contributed by atoms with Crippen molar-refractivity contribution in [3.63, 3.8) is 0 Å². The van der Waals surface area contributed by atoms with Crippen LogP contribution in [-0.4, -0.2) is 56.6 Å². The Hall–Kier alpha value is -1.06. The first-order valence-electron chi connectivity index (χ1n) is 6.23. The maximum absolute atomic E-state index is 3.46. The van der Waals surface area contributed by atoms with E-state index in [9.17, 15) is 0 Å². The van der Waals surface area contributed by atoms with Crippen LogP contribution in [0.1, 0.15) is 6.92 Å². The predicted molar refractivity (Wildman–Crippen MR) is 75.6 cm³/mol. The van der Waals surface area contributed by atoms with E-state index in [4.69, 9.17) is 0 Å². The highest BCUT2D eigenvalue weighted by Gasteiger charge is 2.08. The van der Waals surface area contributed by atoms with Crippen LogP contribution >= 0.6 is 0 Å². The minimum absolute atomic E-state index is 0.537. The molecule has 0 bridgehead atoms. The van der Waals surface area contributed by atoms with Crippen LogP contribution in [0, 0.1) is 0 Å². The van der Waals surface area contributed by atoms with Crippen LogP contribution in [-0.2, 0) is 0 Å². The van der Waals surface area contributed by atoms with Crippen LogP contribution in [0.25, 0.3) is 0 Å². The van der Waals surface area contributed by atoms with Gasteiger partial charge in [-0.15, -0.1) is 0 Å². The number of nitrogens with zero attached hydrogens (tertiary/aromatic N) is 2. The second-order valence-electron chi connectivity index (χ2n) is 4.88. The number of para-hydroxylation sites is 1. The van der Waals surface area contributed by atoms with Crippen LogP contribution < -0.4 is 5.32 Å². The summed E-state index contributed by atoms with van der Waals surface area (Å²) >= 11 is 0. The zero-order valence-electron chi connectivity index (χ0n) is 11.5. The maximum Gasteiger partial charge on any atom is 0.0340 e. The molecule has 3 nitrogen and oxygen atoms in total. The molecule has 0 aliphatic heterocycles. The van der Waals surface area contributed by atoms with Crippen molar-refractivity contribution in [1.29, 1.82) is 0 Å². The number of hydrogen-bond donors (Lipinski definition) is 1. The Bertz CT molecular complexity index is 298. The van der Waals surface area contributed by atoms with Crippen molar-refractivity contribution < 1.29 is 0 Å². The fraction of sp³-hybridized carbons (Fsp3) is 0.571. The third-order valence-electron chi connectivity index (χ3n) is 3.03. The molecule has 3 heteroatoms. The van der Waals surface area contributed by atoms with Gasteiger partial charge in [-0.1, -0.05) is 18.2 Å². The lowest BCUT2D eigenvalue weighted by Gasteiger charge is -2.26. The van der Waals surface area contributed by atoms with Crippen molar-refractivity contribution in [2.24, 2.45) is 0 Å². The van der Waals surface area contributed by atoms with Gasteiger partial charge in [0.2, 0.25) is 0 Å². The highest BCUT2D eigenvalue weighted by molar-refractivity contribution is 5.42. The van der Waals surface area contributed by atoms with Gasteiger partial charge in [0.1, 0.15) is 0 Å². The first-order chi connectivity index (χ1) is 8.09. The first kappa shape index (κ1) is 14.0. The zero-order chi connectivity index (χ0) is 12.7. The van der Waals surface area contributed by atoms with Crippen molar-refractivity contribution in [2.45, 2.75) is 13.0 Å². The number of hydrogen-bond acceptors (Lipinski definition) is 3. The van der Waals surface area contributed by atoms with E-state index < -0.39 is 0 Å². The Kier molecular flexibility index (Phi) is 6.01.